The molecule has 3 nitrogen and oxygen atoms in total. The Labute approximate surface area is 106 Å². The van der Waals surface area contributed by atoms with Crippen LogP contribution in [0.15, 0.2) is 24.3 Å². The zero-order valence-electron chi connectivity index (χ0n) is 9.82. The van der Waals surface area contributed by atoms with Crippen LogP contribution in [0.5, 0.6) is 0 Å². The van der Waals surface area contributed by atoms with Crippen LogP contribution in [0.1, 0.15) is 42.1 Å². The monoisotopic (exact) mass is 248 g/mol. The van der Waals surface area contributed by atoms with Gasteiger partial charge in [0.1, 0.15) is 4.99 Å². The first-order valence-electron chi connectivity index (χ1n) is 5.73. The fourth-order valence-corrected chi connectivity index (χ4v) is 2.10. The van der Waals surface area contributed by atoms with Crippen molar-refractivity contribution < 1.29 is 4.79 Å². The summed E-state index contributed by atoms with van der Waals surface area (Å²) in [7, 11) is 0. The molecule has 1 saturated carbocycles. The molecule has 1 aromatic rings. The number of carbonyl (C=O) groups is 1. The second kappa shape index (κ2) is 4.45. The summed E-state index contributed by atoms with van der Waals surface area (Å²) in [6, 6.07) is 7.07. The van der Waals surface area contributed by atoms with Gasteiger partial charge >= 0.3 is 0 Å². The van der Waals surface area contributed by atoms with E-state index in [2.05, 4.69) is 12.2 Å². The largest absolute Gasteiger partial charge is 0.389 e. The summed E-state index contributed by atoms with van der Waals surface area (Å²) in [4.78, 5) is 12.3. The van der Waals surface area contributed by atoms with Crippen molar-refractivity contribution in [1.29, 1.82) is 0 Å². The minimum Gasteiger partial charge on any atom is -0.389 e. The summed E-state index contributed by atoms with van der Waals surface area (Å²) in [5.74, 6) is -0.0262. The maximum atomic E-state index is 12.0. The lowest BCUT2D eigenvalue weighted by Crippen LogP contribution is -2.50. The van der Waals surface area contributed by atoms with E-state index < -0.39 is 0 Å². The van der Waals surface area contributed by atoms with Crippen LogP contribution < -0.4 is 11.1 Å². The normalized spacial score (nSPS) is 17.0. The van der Waals surface area contributed by atoms with Crippen LogP contribution in [0.3, 0.4) is 0 Å². The fourth-order valence-electron chi connectivity index (χ4n) is 1.96. The maximum Gasteiger partial charge on any atom is 0.251 e. The van der Waals surface area contributed by atoms with Crippen LogP contribution in [0.25, 0.3) is 0 Å². The van der Waals surface area contributed by atoms with Crippen LogP contribution in [-0.4, -0.2) is 16.4 Å². The SMILES string of the molecule is CC1(NC(=O)c2ccc(C(N)=S)cc2)CCC1. The number of amides is 1. The molecule has 0 bridgehead atoms. The van der Waals surface area contributed by atoms with Gasteiger partial charge in [0.2, 0.25) is 0 Å². The molecule has 4 heteroatoms. The van der Waals surface area contributed by atoms with Crippen molar-refractivity contribution in [3.8, 4) is 0 Å². The number of rotatable bonds is 3. The number of hydrogen-bond acceptors (Lipinski definition) is 2. The Bertz CT molecular complexity index is 449. The maximum absolute atomic E-state index is 12.0. The van der Waals surface area contributed by atoms with Gasteiger partial charge in [0, 0.05) is 16.7 Å². The van der Waals surface area contributed by atoms with Crippen LogP contribution in [-0.2, 0) is 0 Å². The van der Waals surface area contributed by atoms with Gasteiger partial charge in [-0.1, -0.05) is 24.4 Å². The Hall–Kier alpha value is -1.42. The molecule has 0 spiro atoms. The Morgan fingerprint density at radius 1 is 1.29 bits per heavy atom. The number of hydrogen-bond donors (Lipinski definition) is 2. The van der Waals surface area contributed by atoms with Gasteiger partial charge in [0.15, 0.2) is 0 Å². The fraction of sp³-hybridized carbons (Fsp3) is 0.385. The van der Waals surface area contributed by atoms with Gasteiger partial charge in [0.25, 0.3) is 5.91 Å². The molecule has 0 unspecified atom stereocenters. The number of nitrogens with two attached hydrogens (primary N) is 1. The predicted octanol–water partition coefficient (Wildman–Crippen LogP) is 1.99. The molecule has 0 saturated heterocycles. The highest BCUT2D eigenvalue weighted by Crippen LogP contribution is 2.31. The van der Waals surface area contributed by atoms with Gasteiger partial charge in [-0.25, -0.2) is 0 Å². The first-order valence-corrected chi connectivity index (χ1v) is 6.13. The molecule has 90 valence electrons. The third-order valence-corrected chi connectivity index (χ3v) is 3.54. The number of thiocarbonyl (C=S) groups is 1. The Kier molecular flexibility index (Phi) is 3.15. The molecule has 3 N–H and O–H groups in total. The quantitative estimate of drug-likeness (QED) is 0.804. The molecule has 2 rings (SSSR count). The zero-order chi connectivity index (χ0) is 12.5. The number of nitrogens with one attached hydrogen (secondary N) is 1. The first-order chi connectivity index (χ1) is 8.00. The van der Waals surface area contributed by atoms with Crippen LogP contribution in [0, 0.1) is 0 Å². The van der Waals surface area contributed by atoms with E-state index in [1.54, 1.807) is 24.3 Å². The Morgan fingerprint density at radius 2 is 1.82 bits per heavy atom. The molecule has 1 fully saturated rings. The molecule has 1 aromatic carbocycles. The standard InChI is InChI=1S/C13H16N2OS/c1-13(7-2-8-13)15-12(16)10-5-3-9(4-6-10)11(14)17/h3-6H,2,7-8H2,1H3,(H2,14,17)(H,15,16). The van der Waals surface area contributed by atoms with E-state index in [1.165, 1.54) is 6.42 Å². The molecule has 17 heavy (non-hydrogen) atoms. The molecular weight excluding hydrogens is 232 g/mol. The van der Waals surface area contributed by atoms with Crippen molar-refractivity contribution in [1.82, 2.24) is 5.32 Å². The van der Waals surface area contributed by atoms with E-state index in [1.807, 2.05) is 0 Å². The smallest absolute Gasteiger partial charge is 0.251 e. The molecule has 0 atom stereocenters. The van der Waals surface area contributed by atoms with Gasteiger partial charge in [-0.15, -0.1) is 0 Å². The highest BCUT2D eigenvalue weighted by atomic mass is 32.1. The van der Waals surface area contributed by atoms with Crippen molar-refractivity contribution in [3.63, 3.8) is 0 Å². The summed E-state index contributed by atoms with van der Waals surface area (Å²) in [6.45, 7) is 2.08. The van der Waals surface area contributed by atoms with Gasteiger partial charge in [0.05, 0.1) is 0 Å². The molecule has 1 amide bonds. The molecular formula is C13H16N2OS. The van der Waals surface area contributed by atoms with Crippen molar-refractivity contribution in [2.75, 3.05) is 0 Å². The molecule has 0 aromatic heterocycles. The summed E-state index contributed by atoms with van der Waals surface area (Å²) in [5.41, 5.74) is 6.92. The van der Waals surface area contributed by atoms with E-state index in [4.69, 9.17) is 18.0 Å². The third-order valence-electron chi connectivity index (χ3n) is 3.30. The number of benzene rings is 1. The second-order valence-electron chi connectivity index (χ2n) is 4.81. The van der Waals surface area contributed by atoms with Gasteiger partial charge in [-0.05, 0) is 38.3 Å². The minimum absolute atomic E-state index is 0.0150. The lowest BCUT2D eigenvalue weighted by molar-refractivity contribution is 0.0850. The van der Waals surface area contributed by atoms with E-state index in [0.717, 1.165) is 18.4 Å². The van der Waals surface area contributed by atoms with Crippen LogP contribution in [0.2, 0.25) is 0 Å². The minimum atomic E-state index is -0.0262. The summed E-state index contributed by atoms with van der Waals surface area (Å²) < 4.78 is 0. The molecule has 1 aliphatic carbocycles. The average molecular weight is 248 g/mol. The summed E-state index contributed by atoms with van der Waals surface area (Å²) >= 11 is 4.86. The molecule has 0 aliphatic heterocycles. The Balaban J connectivity index is 2.06. The van der Waals surface area contributed by atoms with Crippen LogP contribution >= 0.6 is 12.2 Å². The van der Waals surface area contributed by atoms with Crippen LogP contribution in [0.4, 0.5) is 0 Å². The first kappa shape index (κ1) is 12.0. The van der Waals surface area contributed by atoms with Crippen molar-refractivity contribution in [2.45, 2.75) is 31.7 Å². The van der Waals surface area contributed by atoms with Gasteiger partial charge in [-0.3, -0.25) is 4.79 Å². The number of carbonyl (C=O) groups excluding carboxylic acids is 1. The van der Waals surface area contributed by atoms with Gasteiger partial charge in [-0.2, -0.15) is 0 Å². The molecule has 0 heterocycles. The topological polar surface area (TPSA) is 55.1 Å². The van der Waals surface area contributed by atoms with Crippen molar-refractivity contribution in [2.24, 2.45) is 5.73 Å². The van der Waals surface area contributed by atoms with E-state index in [9.17, 15) is 4.79 Å². The predicted molar refractivity (Wildman–Crippen MR) is 72.1 cm³/mol. The summed E-state index contributed by atoms with van der Waals surface area (Å²) in [5, 5.41) is 3.05. The third kappa shape index (κ3) is 2.64. The molecule has 1 aliphatic rings. The van der Waals surface area contributed by atoms with E-state index >= 15 is 0 Å². The van der Waals surface area contributed by atoms with Crippen molar-refractivity contribution in [3.05, 3.63) is 35.4 Å². The van der Waals surface area contributed by atoms with Crippen molar-refractivity contribution >= 4 is 23.1 Å². The highest BCUT2D eigenvalue weighted by molar-refractivity contribution is 7.80. The average Bonchev–Trinajstić information content (AvgIpc) is 2.27. The van der Waals surface area contributed by atoms with E-state index in [-0.39, 0.29) is 11.4 Å². The lowest BCUT2D eigenvalue weighted by atomic mass is 9.78. The zero-order valence-corrected chi connectivity index (χ0v) is 10.6. The van der Waals surface area contributed by atoms with E-state index in [0.29, 0.717) is 10.6 Å². The lowest BCUT2D eigenvalue weighted by Gasteiger charge is -2.39. The summed E-state index contributed by atoms with van der Waals surface area (Å²) in [6.07, 6.45) is 3.31. The highest BCUT2D eigenvalue weighted by Gasteiger charge is 2.33. The van der Waals surface area contributed by atoms with Gasteiger partial charge < -0.3 is 11.1 Å². The second-order valence-corrected chi connectivity index (χ2v) is 5.25. The molecule has 0 radical (unpaired) electrons. The Morgan fingerprint density at radius 3 is 2.24 bits per heavy atom.